The van der Waals surface area contributed by atoms with Crippen molar-refractivity contribution in [3.63, 3.8) is 0 Å². The quantitative estimate of drug-likeness (QED) is 0.367. The topological polar surface area (TPSA) is 37.3 Å². The second-order valence-corrected chi connectivity index (χ2v) is 1.99. The average molecular weight is 146 g/mol. The number of ketones is 1. The van der Waals surface area contributed by atoms with Gasteiger partial charge in [-0.25, -0.2) is 0 Å². The van der Waals surface area contributed by atoms with Crippen molar-refractivity contribution in [1.82, 2.24) is 0 Å². The molecule has 2 nitrogen and oxygen atoms in total. The lowest BCUT2D eigenvalue weighted by atomic mass is 10.1. The molecule has 0 aliphatic carbocycles. The number of carbonyl (C=O) groups excluding carboxylic acids is 1. The predicted octanol–water partition coefficient (Wildman–Crippen LogP) is 1.21. The Balaban J connectivity index is 3.16. The highest BCUT2D eigenvalue weighted by Gasteiger charge is 2.05. The lowest BCUT2D eigenvalue weighted by Crippen LogP contribution is -1.93. The molecular formula is C9H6O2. The molecule has 0 spiro atoms. The van der Waals surface area contributed by atoms with Crippen LogP contribution < -0.4 is 0 Å². The van der Waals surface area contributed by atoms with Crippen LogP contribution in [0.5, 0.6) is 5.75 Å². The largest absolute Gasteiger partial charge is 0.507 e. The van der Waals surface area contributed by atoms with E-state index in [0.29, 0.717) is 0 Å². The number of terminal acetylenes is 1. The van der Waals surface area contributed by atoms with Gasteiger partial charge in [-0.3, -0.25) is 4.79 Å². The van der Waals surface area contributed by atoms with Gasteiger partial charge in [0.25, 0.3) is 0 Å². The van der Waals surface area contributed by atoms with E-state index in [1.54, 1.807) is 12.1 Å². The van der Waals surface area contributed by atoms with Crippen LogP contribution in [0.2, 0.25) is 0 Å². The van der Waals surface area contributed by atoms with Crippen molar-refractivity contribution >= 4 is 5.78 Å². The lowest BCUT2D eigenvalue weighted by molar-refractivity contribution is 0.105. The Labute approximate surface area is 64.5 Å². The predicted molar refractivity (Wildman–Crippen MR) is 41.3 cm³/mol. The third-order valence-corrected chi connectivity index (χ3v) is 1.28. The van der Waals surface area contributed by atoms with E-state index < -0.39 is 5.78 Å². The van der Waals surface area contributed by atoms with Crippen LogP contribution in [-0.4, -0.2) is 10.9 Å². The Hall–Kier alpha value is -1.75. The first-order valence-electron chi connectivity index (χ1n) is 3.04. The standard InChI is InChI=1S/C9H6O2/c1-2-8(10)7-5-3-4-6-9(7)11/h1,3-6,11H. The maximum absolute atomic E-state index is 10.8. The third kappa shape index (κ3) is 1.39. The summed E-state index contributed by atoms with van der Waals surface area (Å²) < 4.78 is 0. The van der Waals surface area contributed by atoms with Crippen LogP contribution >= 0.6 is 0 Å². The summed E-state index contributed by atoms with van der Waals surface area (Å²) in [6.45, 7) is 0. The number of Topliss-reactive ketones (excluding diaryl/α,β-unsaturated/α-hetero) is 1. The first kappa shape index (κ1) is 7.36. The molecule has 1 aromatic rings. The molecule has 0 aliphatic rings. The van der Waals surface area contributed by atoms with Gasteiger partial charge in [-0.15, -0.1) is 6.42 Å². The number of hydrogen-bond donors (Lipinski definition) is 1. The molecule has 2 heteroatoms. The number of phenols is 1. The SMILES string of the molecule is C#CC(=O)c1ccccc1O. The molecule has 0 radical (unpaired) electrons. The van der Waals surface area contributed by atoms with Gasteiger partial charge in [0.1, 0.15) is 5.75 Å². The summed E-state index contributed by atoms with van der Waals surface area (Å²) >= 11 is 0. The Morgan fingerprint density at radius 1 is 1.45 bits per heavy atom. The summed E-state index contributed by atoms with van der Waals surface area (Å²) in [6.07, 6.45) is 4.86. The summed E-state index contributed by atoms with van der Waals surface area (Å²) in [5.41, 5.74) is 0.176. The summed E-state index contributed by atoms with van der Waals surface area (Å²) in [6, 6.07) is 6.18. The van der Waals surface area contributed by atoms with Gasteiger partial charge in [0, 0.05) is 0 Å². The highest BCUT2D eigenvalue weighted by Crippen LogP contribution is 2.15. The Morgan fingerprint density at radius 2 is 2.09 bits per heavy atom. The lowest BCUT2D eigenvalue weighted by Gasteiger charge is -1.95. The molecule has 0 unspecified atom stereocenters. The zero-order chi connectivity index (χ0) is 8.27. The van der Waals surface area contributed by atoms with Crippen LogP contribution in [0.15, 0.2) is 24.3 Å². The molecule has 0 aromatic heterocycles. The average Bonchev–Trinajstić information content (AvgIpc) is 2.04. The molecule has 54 valence electrons. The van der Waals surface area contributed by atoms with E-state index in [0.717, 1.165) is 0 Å². The number of benzene rings is 1. The number of hydrogen-bond acceptors (Lipinski definition) is 2. The van der Waals surface area contributed by atoms with Crippen molar-refractivity contribution in [1.29, 1.82) is 0 Å². The normalized spacial score (nSPS) is 8.64. The summed E-state index contributed by atoms with van der Waals surface area (Å²) in [4.78, 5) is 10.8. The minimum absolute atomic E-state index is 0.0737. The Morgan fingerprint density at radius 3 is 2.64 bits per heavy atom. The van der Waals surface area contributed by atoms with Crippen molar-refractivity contribution in [3.8, 4) is 18.1 Å². The van der Waals surface area contributed by atoms with Gasteiger partial charge in [0.15, 0.2) is 0 Å². The van der Waals surface area contributed by atoms with Crippen LogP contribution in [0.1, 0.15) is 10.4 Å². The summed E-state index contributed by atoms with van der Waals surface area (Å²) in [7, 11) is 0. The maximum atomic E-state index is 10.8. The molecule has 0 fully saturated rings. The fraction of sp³-hybridized carbons (Fsp3) is 0. The van der Waals surface area contributed by atoms with E-state index in [-0.39, 0.29) is 11.3 Å². The molecule has 0 amide bonds. The molecule has 0 heterocycles. The minimum Gasteiger partial charge on any atom is -0.507 e. The second-order valence-electron chi connectivity index (χ2n) is 1.99. The summed E-state index contributed by atoms with van der Waals surface area (Å²) in [5.74, 6) is 1.35. The fourth-order valence-corrected chi connectivity index (χ4v) is 0.743. The van der Waals surface area contributed by atoms with Gasteiger partial charge in [0.05, 0.1) is 5.56 Å². The van der Waals surface area contributed by atoms with E-state index in [4.69, 9.17) is 11.5 Å². The van der Waals surface area contributed by atoms with Gasteiger partial charge in [-0.2, -0.15) is 0 Å². The van der Waals surface area contributed by atoms with Gasteiger partial charge < -0.3 is 5.11 Å². The zero-order valence-corrected chi connectivity index (χ0v) is 5.74. The number of phenolic OH excluding ortho intramolecular Hbond substituents is 1. The van der Waals surface area contributed by atoms with E-state index in [9.17, 15) is 4.79 Å². The van der Waals surface area contributed by atoms with E-state index >= 15 is 0 Å². The van der Waals surface area contributed by atoms with Crippen LogP contribution in [-0.2, 0) is 0 Å². The number of carbonyl (C=O) groups is 1. The van der Waals surface area contributed by atoms with Crippen LogP contribution in [0.25, 0.3) is 0 Å². The van der Waals surface area contributed by atoms with E-state index in [2.05, 4.69) is 0 Å². The first-order chi connectivity index (χ1) is 5.25. The molecule has 1 N–H and O–H groups in total. The number of rotatable bonds is 1. The zero-order valence-electron chi connectivity index (χ0n) is 5.74. The molecule has 0 bridgehead atoms. The van der Waals surface area contributed by atoms with Gasteiger partial charge in [0.2, 0.25) is 5.78 Å². The van der Waals surface area contributed by atoms with E-state index in [1.807, 2.05) is 5.92 Å². The molecular weight excluding hydrogens is 140 g/mol. The second kappa shape index (κ2) is 2.89. The van der Waals surface area contributed by atoms with E-state index in [1.165, 1.54) is 12.1 Å². The highest BCUT2D eigenvalue weighted by atomic mass is 16.3. The molecule has 1 aromatic carbocycles. The monoisotopic (exact) mass is 146 g/mol. The van der Waals surface area contributed by atoms with Crippen molar-refractivity contribution in [2.24, 2.45) is 0 Å². The number of para-hydroxylation sites is 1. The van der Waals surface area contributed by atoms with Crippen LogP contribution in [0, 0.1) is 12.3 Å². The molecule has 0 saturated heterocycles. The molecule has 0 saturated carbocycles. The minimum atomic E-state index is -0.497. The van der Waals surface area contributed by atoms with Crippen molar-refractivity contribution in [2.45, 2.75) is 0 Å². The van der Waals surface area contributed by atoms with Gasteiger partial charge >= 0.3 is 0 Å². The van der Waals surface area contributed by atoms with Gasteiger partial charge in [-0.05, 0) is 18.1 Å². The Kier molecular flexibility index (Phi) is 1.93. The highest BCUT2D eigenvalue weighted by molar-refractivity contribution is 6.10. The van der Waals surface area contributed by atoms with Gasteiger partial charge in [-0.1, -0.05) is 12.1 Å². The van der Waals surface area contributed by atoms with Crippen molar-refractivity contribution in [2.75, 3.05) is 0 Å². The summed E-state index contributed by atoms with van der Waals surface area (Å²) in [5, 5.41) is 9.10. The Bertz CT molecular complexity index is 321. The smallest absolute Gasteiger partial charge is 0.239 e. The fourth-order valence-electron chi connectivity index (χ4n) is 0.743. The van der Waals surface area contributed by atoms with Crippen LogP contribution in [0.3, 0.4) is 0 Å². The van der Waals surface area contributed by atoms with Crippen molar-refractivity contribution in [3.05, 3.63) is 29.8 Å². The molecule has 11 heavy (non-hydrogen) atoms. The number of aromatic hydroxyl groups is 1. The van der Waals surface area contributed by atoms with Crippen LogP contribution in [0.4, 0.5) is 0 Å². The maximum Gasteiger partial charge on any atom is 0.239 e. The third-order valence-electron chi connectivity index (χ3n) is 1.28. The first-order valence-corrected chi connectivity index (χ1v) is 3.04. The van der Waals surface area contributed by atoms with Crippen molar-refractivity contribution < 1.29 is 9.90 Å². The molecule has 0 atom stereocenters. The molecule has 0 aliphatic heterocycles. The molecule has 1 rings (SSSR count).